The van der Waals surface area contributed by atoms with E-state index in [0.29, 0.717) is 12.8 Å². The second-order valence-electron chi connectivity index (χ2n) is 3.32. The number of piperidine rings is 1. The van der Waals surface area contributed by atoms with Gasteiger partial charge in [-0.2, -0.15) is 8.78 Å². The first-order valence-corrected chi connectivity index (χ1v) is 5.80. The number of carbonyl (C=O) groups is 1. The van der Waals surface area contributed by atoms with Gasteiger partial charge in [0.1, 0.15) is 0 Å². The third-order valence-electron chi connectivity index (χ3n) is 2.21. The average Bonchev–Trinajstić information content (AvgIpc) is 2.16. The summed E-state index contributed by atoms with van der Waals surface area (Å²) in [5.41, 5.74) is 0. The highest BCUT2D eigenvalue weighted by Crippen LogP contribution is 2.25. The number of nitrogens with zero attached hydrogens (tertiary/aromatic N) is 1. The minimum atomic E-state index is -5.93. The molecule has 0 aliphatic carbocycles. The third-order valence-corrected chi connectivity index (χ3v) is 3.01. The average molecular weight is 242 g/mol. The monoisotopic (exact) mass is 242 g/mol. The normalized spacial score (nSPS) is 19.0. The van der Waals surface area contributed by atoms with Gasteiger partial charge < -0.3 is 9.45 Å². The molecule has 1 heterocycles. The Kier molecular flexibility index (Phi) is 3.29. The summed E-state index contributed by atoms with van der Waals surface area (Å²) >= 11 is 0. The Bertz CT molecular complexity index is 348. The number of likely N-dealkylation sites (tertiary alicyclic amines) is 1. The van der Waals surface area contributed by atoms with E-state index in [0.717, 1.165) is 11.3 Å². The highest BCUT2D eigenvalue weighted by molar-refractivity contribution is 7.87. The SMILES string of the molecule is O=C(N1CCCCC1)C(F)(F)S(=O)(=O)[O-]. The first-order valence-electron chi connectivity index (χ1n) is 4.39. The molecule has 1 amide bonds. The topological polar surface area (TPSA) is 77.5 Å². The Hall–Kier alpha value is -0.760. The molecule has 0 N–H and O–H groups in total. The van der Waals surface area contributed by atoms with Gasteiger partial charge in [-0.25, -0.2) is 8.42 Å². The van der Waals surface area contributed by atoms with Gasteiger partial charge in [-0.3, -0.25) is 4.79 Å². The van der Waals surface area contributed by atoms with Crippen LogP contribution in [0.1, 0.15) is 19.3 Å². The van der Waals surface area contributed by atoms with Gasteiger partial charge in [0.2, 0.25) is 0 Å². The molecular weight excluding hydrogens is 232 g/mol. The highest BCUT2D eigenvalue weighted by atomic mass is 32.2. The summed E-state index contributed by atoms with van der Waals surface area (Å²) in [5.74, 6) is -1.91. The van der Waals surface area contributed by atoms with Gasteiger partial charge in [-0.05, 0) is 19.3 Å². The largest absolute Gasteiger partial charge is 0.743 e. The zero-order valence-corrected chi connectivity index (χ0v) is 8.60. The zero-order chi connectivity index (χ0) is 11.7. The van der Waals surface area contributed by atoms with Crippen LogP contribution in [0.15, 0.2) is 0 Å². The van der Waals surface area contributed by atoms with Crippen molar-refractivity contribution in [2.24, 2.45) is 0 Å². The van der Waals surface area contributed by atoms with Gasteiger partial charge in [0.25, 0.3) is 0 Å². The van der Waals surface area contributed by atoms with Gasteiger partial charge in [0.05, 0.1) is 0 Å². The quantitative estimate of drug-likeness (QED) is 0.645. The number of halogens is 2. The lowest BCUT2D eigenvalue weighted by Gasteiger charge is -2.30. The van der Waals surface area contributed by atoms with Crippen molar-refractivity contribution in [3.63, 3.8) is 0 Å². The fourth-order valence-corrected chi connectivity index (χ4v) is 1.73. The standard InChI is InChI=1S/C7H11F2NO4S/c8-7(9,15(12,13)14)6(11)10-4-2-1-3-5-10/h1-5H2,(H,12,13,14)/p-1. The van der Waals surface area contributed by atoms with Crippen molar-refractivity contribution < 1.29 is 26.5 Å². The van der Waals surface area contributed by atoms with E-state index in [2.05, 4.69) is 0 Å². The Morgan fingerprint density at radius 3 is 2.07 bits per heavy atom. The minimum absolute atomic E-state index is 0.0734. The van der Waals surface area contributed by atoms with Crippen molar-refractivity contribution in [3.8, 4) is 0 Å². The lowest BCUT2D eigenvalue weighted by atomic mass is 10.1. The number of alkyl halides is 2. The number of carbonyl (C=O) groups excluding carboxylic acids is 1. The maximum Gasteiger partial charge on any atom is 0.410 e. The lowest BCUT2D eigenvalue weighted by molar-refractivity contribution is -0.148. The Morgan fingerprint density at radius 2 is 1.67 bits per heavy atom. The number of rotatable bonds is 2. The van der Waals surface area contributed by atoms with Crippen molar-refractivity contribution >= 4 is 16.0 Å². The summed E-state index contributed by atoms with van der Waals surface area (Å²) < 4.78 is 56.2. The van der Waals surface area contributed by atoms with Gasteiger partial charge in [-0.15, -0.1) is 0 Å². The Morgan fingerprint density at radius 1 is 1.20 bits per heavy atom. The molecule has 0 bridgehead atoms. The molecule has 15 heavy (non-hydrogen) atoms. The fourth-order valence-electron chi connectivity index (χ4n) is 1.39. The Labute approximate surface area is 85.8 Å². The third kappa shape index (κ3) is 2.43. The van der Waals surface area contributed by atoms with Gasteiger partial charge in [-0.1, -0.05) is 0 Å². The first kappa shape index (κ1) is 12.3. The van der Waals surface area contributed by atoms with E-state index in [4.69, 9.17) is 0 Å². The molecule has 0 aromatic heterocycles. The fraction of sp³-hybridized carbons (Fsp3) is 0.857. The van der Waals surface area contributed by atoms with Crippen LogP contribution in [-0.2, 0) is 14.9 Å². The predicted octanol–water partition coefficient (Wildman–Crippen LogP) is 0.137. The van der Waals surface area contributed by atoms with Crippen LogP contribution in [0.2, 0.25) is 0 Å². The van der Waals surface area contributed by atoms with Crippen LogP contribution in [0, 0.1) is 0 Å². The molecule has 0 unspecified atom stereocenters. The van der Waals surface area contributed by atoms with E-state index in [1.54, 1.807) is 0 Å². The van der Waals surface area contributed by atoms with Crippen LogP contribution in [0.4, 0.5) is 8.78 Å². The van der Waals surface area contributed by atoms with Crippen molar-refractivity contribution in [2.75, 3.05) is 13.1 Å². The van der Waals surface area contributed by atoms with Crippen molar-refractivity contribution in [2.45, 2.75) is 24.5 Å². The van der Waals surface area contributed by atoms with Crippen molar-refractivity contribution in [3.05, 3.63) is 0 Å². The van der Waals surface area contributed by atoms with E-state index >= 15 is 0 Å². The predicted molar refractivity (Wildman–Crippen MR) is 45.1 cm³/mol. The maximum absolute atomic E-state index is 12.8. The lowest BCUT2D eigenvalue weighted by Crippen LogP contribution is -2.49. The van der Waals surface area contributed by atoms with Crippen LogP contribution in [0.5, 0.6) is 0 Å². The number of hydrogen-bond donors (Lipinski definition) is 0. The molecule has 0 aromatic rings. The first-order chi connectivity index (χ1) is 6.77. The summed E-state index contributed by atoms with van der Waals surface area (Å²) in [4.78, 5) is 11.8. The second kappa shape index (κ2) is 4.01. The van der Waals surface area contributed by atoms with Gasteiger partial charge in [0.15, 0.2) is 10.1 Å². The number of amides is 1. The van der Waals surface area contributed by atoms with Crippen molar-refractivity contribution in [1.29, 1.82) is 0 Å². The zero-order valence-electron chi connectivity index (χ0n) is 7.78. The molecular formula is C7H10F2NO4S-. The summed E-state index contributed by atoms with van der Waals surface area (Å²) in [5, 5.41) is -4.84. The van der Waals surface area contributed by atoms with E-state index < -0.39 is 21.3 Å². The van der Waals surface area contributed by atoms with Crippen LogP contribution in [0.3, 0.4) is 0 Å². The molecule has 0 radical (unpaired) electrons. The maximum atomic E-state index is 12.8. The summed E-state index contributed by atoms with van der Waals surface area (Å²) in [6.45, 7) is 0.147. The summed E-state index contributed by atoms with van der Waals surface area (Å²) in [6.07, 6.45) is 1.89. The molecule has 1 fully saturated rings. The smallest absolute Gasteiger partial charge is 0.410 e. The molecule has 1 saturated heterocycles. The van der Waals surface area contributed by atoms with Crippen molar-refractivity contribution in [1.82, 2.24) is 4.90 Å². The van der Waals surface area contributed by atoms with E-state index in [1.807, 2.05) is 0 Å². The number of hydrogen-bond acceptors (Lipinski definition) is 4. The van der Waals surface area contributed by atoms with Crippen LogP contribution in [0.25, 0.3) is 0 Å². The van der Waals surface area contributed by atoms with E-state index in [-0.39, 0.29) is 13.1 Å². The molecule has 0 atom stereocenters. The molecule has 8 heteroatoms. The molecule has 88 valence electrons. The summed E-state index contributed by atoms with van der Waals surface area (Å²) in [7, 11) is -5.93. The molecule has 5 nitrogen and oxygen atoms in total. The second-order valence-corrected chi connectivity index (χ2v) is 4.74. The molecule has 0 spiro atoms. The minimum Gasteiger partial charge on any atom is -0.743 e. The van der Waals surface area contributed by atoms with Crippen LogP contribution in [-0.4, -0.2) is 42.1 Å². The van der Waals surface area contributed by atoms with E-state index in [1.165, 1.54) is 0 Å². The van der Waals surface area contributed by atoms with Gasteiger partial charge >= 0.3 is 11.2 Å². The Balaban J connectivity index is 2.83. The van der Waals surface area contributed by atoms with Crippen LogP contribution >= 0.6 is 0 Å². The molecule has 1 aliphatic heterocycles. The highest BCUT2D eigenvalue weighted by Gasteiger charge is 2.49. The molecule has 0 saturated carbocycles. The molecule has 1 aliphatic rings. The van der Waals surface area contributed by atoms with Crippen LogP contribution < -0.4 is 0 Å². The van der Waals surface area contributed by atoms with Gasteiger partial charge in [0, 0.05) is 13.1 Å². The molecule has 0 aromatic carbocycles. The summed E-state index contributed by atoms with van der Waals surface area (Å²) in [6, 6.07) is 0. The molecule has 1 rings (SSSR count). The van der Waals surface area contributed by atoms with E-state index in [9.17, 15) is 26.5 Å².